The zero-order valence-corrected chi connectivity index (χ0v) is 13.5. The smallest absolute Gasteiger partial charge is 0.321 e. The van der Waals surface area contributed by atoms with Crippen LogP contribution in [0.1, 0.15) is 38.5 Å². The Hall–Kier alpha value is -1.63. The van der Waals surface area contributed by atoms with Gasteiger partial charge in [-0.05, 0) is 17.8 Å². The number of carbonyl (C=O) groups is 2. The summed E-state index contributed by atoms with van der Waals surface area (Å²) >= 11 is 1.48. The minimum absolute atomic E-state index is 0.0313. The van der Waals surface area contributed by atoms with Gasteiger partial charge in [-0.2, -0.15) is 0 Å². The number of hydrogen-bond acceptors (Lipinski definition) is 4. The number of nitrogens with one attached hydrogen (secondary N) is 3. The average molecular weight is 310 g/mol. The van der Waals surface area contributed by atoms with Gasteiger partial charge in [-0.25, -0.2) is 9.78 Å². The van der Waals surface area contributed by atoms with Crippen molar-refractivity contribution in [2.75, 3.05) is 18.4 Å². The lowest BCUT2D eigenvalue weighted by molar-refractivity contribution is -0.123. The number of anilines is 1. The van der Waals surface area contributed by atoms with Crippen LogP contribution in [0.15, 0.2) is 6.20 Å². The molecule has 1 aliphatic heterocycles. The molecule has 1 fully saturated rings. The highest BCUT2D eigenvalue weighted by Gasteiger charge is 2.20. The predicted octanol–water partition coefficient (Wildman–Crippen LogP) is 2.09. The third-order valence-corrected chi connectivity index (χ3v) is 4.70. The molecule has 1 saturated heterocycles. The van der Waals surface area contributed by atoms with E-state index in [0.29, 0.717) is 24.6 Å². The fourth-order valence-corrected chi connectivity index (χ4v) is 2.95. The van der Waals surface area contributed by atoms with Crippen LogP contribution in [0.4, 0.5) is 9.93 Å². The van der Waals surface area contributed by atoms with Gasteiger partial charge < -0.3 is 10.6 Å². The van der Waals surface area contributed by atoms with Gasteiger partial charge >= 0.3 is 6.03 Å². The number of aromatic nitrogens is 1. The Balaban J connectivity index is 1.79. The fraction of sp³-hybridized carbons (Fsp3) is 0.643. The minimum atomic E-state index is -0.268. The first kappa shape index (κ1) is 15.8. The number of piperidine rings is 1. The van der Waals surface area contributed by atoms with Crippen molar-refractivity contribution in [3.8, 4) is 0 Å². The third-order valence-electron chi connectivity index (χ3n) is 3.37. The van der Waals surface area contributed by atoms with Gasteiger partial charge in [-0.1, -0.05) is 20.8 Å². The molecule has 0 aliphatic carbocycles. The maximum atomic E-state index is 11.8. The molecule has 0 saturated carbocycles. The summed E-state index contributed by atoms with van der Waals surface area (Å²) < 4.78 is 0. The van der Waals surface area contributed by atoms with E-state index in [4.69, 9.17) is 0 Å². The molecule has 1 aromatic heterocycles. The molecule has 0 bridgehead atoms. The summed E-state index contributed by atoms with van der Waals surface area (Å²) in [6.07, 6.45) is 3.18. The first-order valence-corrected chi connectivity index (χ1v) is 7.94. The molecule has 1 aromatic rings. The highest BCUT2D eigenvalue weighted by atomic mass is 32.1. The van der Waals surface area contributed by atoms with Gasteiger partial charge in [0.15, 0.2) is 5.13 Å². The number of amides is 3. The van der Waals surface area contributed by atoms with Crippen LogP contribution >= 0.6 is 11.3 Å². The molecular weight excluding hydrogens is 288 g/mol. The third kappa shape index (κ3) is 4.70. The van der Waals surface area contributed by atoms with Crippen molar-refractivity contribution in [1.29, 1.82) is 0 Å². The fourth-order valence-electron chi connectivity index (χ4n) is 2.08. The van der Waals surface area contributed by atoms with E-state index >= 15 is 0 Å². The molecule has 1 unspecified atom stereocenters. The maximum absolute atomic E-state index is 11.8. The van der Waals surface area contributed by atoms with Crippen LogP contribution < -0.4 is 16.0 Å². The van der Waals surface area contributed by atoms with Crippen molar-refractivity contribution in [3.63, 3.8) is 0 Å². The first-order chi connectivity index (χ1) is 9.84. The Morgan fingerprint density at radius 2 is 2.29 bits per heavy atom. The monoisotopic (exact) mass is 310 g/mol. The topological polar surface area (TPSA) is 83.1 Å². The lowest BCUT2D eigenvalue weighted by Gasteiger charge is -2.22. The van der Waals surface area contributed by atoms with E-state index in [1.54, 1.807) is 6.20 Å². The summed E-state index contributed by atoms with van der Waals surface area (Å²) in [6.45, 7) is 7.53. The summed E-state index contributed by atoms with van der Waals surface area (Å²) in [5, 5.41) is 8.92. The standard InChI is InChI=1S/C14H22N4O2S/c1-14(2,3)10-8-17-13(21-10)18-12(20)16-7-9-4-5-15-11(19)6-9/h8-9H,4-7H2,1-3H3,(H,15,19)(H2,16,17,18,20). The van der Waals surface area contributed by atoms with E-state index in [1.807, 2.05) is 0 Å². The molecule has 3 amide bonds. The molecule has 2 heterocycles. The number of carbonyl (C=O) groups excluding carboxylic acids is 2. The molecule has 7 heteroatoms. The van der Waals surface area contributed by atoms with Crippen LogP contribution in [0.25, 0.3) is 0 Å². The van der Waals surface area contributed by atoms with E-state index in [9.17, 15) is 9.59 Å². The van der Waals surface area contributed by atoms with Crippen molar-refractivity contribution in [2.45, 2.75) is 39.0 Å². The lowest BCUT2D eigenvalue weighted by atomic mass is 9.96. The zero-order valence-electron chi connectivity index (χ0n) is 12.7. The lowest BCUT2D eigenvalue weighted by Crippen LogP contribution is -2.40. The Labute approximate surface area is 128 Å². The highest BCUT2D eigenvalue weighted by molar-refractivity contribution is 7.15. The second-order valence-corrected chi connectivity index (χ2v) is 7.35. The van der Waals surface area contributed by atoms with Crippen LogP contribution in [0.2, 0.25) is 0 Å². The quantitative estimate of drug-likeness (QED) is 0.799. The molecule has 3 N–H and O–H groups in total. The molecule has 0 spiro atoms. The van der Waals surface area contributed by atoms with Crippen molar-refractivity contribution in [2.24, 2.45) is 5.92 Å². The number of nitrogens with zero attached hydrogens (tertiary/aromatic N) is 1. The maximum Gasteiger partial charge on any atom is 0.321 e. The van der Waals surface area contributed by atoms with Crippen molar-refractivity contribution in [3.05, 3.63) is 11.1 Å². The average Bonchev–Trinajstić information content (AvgIpc) is 2.85. The van der Waals surface area contributed by atoms with Gasteiger partial charge in [0.25, 0.3) is 0 Å². The molecular formula is C14H22N4O2S. The number of urea groups is 1. The highest BCUT2D eigenvalue weighted by Crippen LogP contribution is 2.29. The van der Waals surface area contributed by atoms with Crippen molar-refractivity contribution < 1.29 is 9.59 Å². The van der Waals surface area contributed by atoms with Crippen LogP contribution in [-0.4, -0.2) is 30.0 Å². The second-order valence-electron chi connectivity index (χ2n) is 6.32. The summed E-state index contributed by atoms with van der Waals surface area (Å²) in [5.41, 5.74) is 0.0313. The molecule has 21 heavy (non-hydrogen) atoms. The molecule has 6 nitrogen and oxygen atoms in total. The summed E-state index contributed by atoms with van der Waals surface area (Å²) in [4.78, 5) is 28.4. The molecule has 1 atom stereocenters. The number of rotatable bonds is 3. The van der Waals surface area contributed by atoms with Crippen molar-refractivity contribution in [1.82, 2.24) is 15.6 Å². The zero-order chi connectivity index (χ0) is 15.5. The normalized spacial score (nSPS) is 19.0. The van der Waals surface area contributed by atoms with E-state index in [2.05, 4.69) is 41.7 Å². The van der Waals surface area contributed by atoms with E-state index in [-0.39, 0.29) is 23.3 Å². The summed E-state index contributed by atoms with van der Waals surface area (Å²) in [6, 6.07) is -0.268. The molecule has 116 valence electrons. The largest absolute Gasteiger partial charge is 0.356 e. The van der Waals surface area contributed by atoms with Crippen LogP contribution in [0.5, 0.6) is 0 Å². The number of thiazole rings is 1. The van der Waals surface area contributed by atoms with Crippen molar-refractivity contribution >= 4 is 28.4 Å². The van der Waals surface area contributed by atoms with Crippen LogP contribution in [-0.2, 0) is 10.2 Å². The van der Waals surface area contributed by atoms with Crippen LogP contribution in [0.3, 0.4) is 0 Å². The van der Waals surface area contributed by atoms with E-state index < -0.39 is 0 Å². The molecule has 2 rings (SSSR count). The Morgan fingerprint density at radius 3 is 2.90 bits per heavy atom. The van der Waals surface area contributed by atoms with Gasteiger partial charge in [0.05, 0.1) is 0 Å². The van der Waals surface area contributed by atoms with E-state index in [1.165, 1.54) is 11.3 Å². The molecule has 1 aliphatic rings. The van der Waals surface area contributed by atoms with Gasteiger partial charge in [0.2, 0.25) is 5.91 Å². The predicted molar refractivity (Wildman–Crippen MR) is 83.6 cm³/mol. The van der Waals surface area contributed by atoms with Gasteiger partial charge in [0, 0.05) is 30.6 Å². The van der Waals surface area contributed by atoms with Gasteiger partial charge in [-0.3, -0.25) is 10.1 Å². The second kappa shape index (κ2) is 6.43. The first-order valence-electron chi connectivity index (χ1n) is 7.12. The van der Waals surface area contributed by atoms with Gasteiger partial charge in [-0.15, -0.1) is 11.3 Å². The van der Waals surface area contributed by atoms with Gasteiger partial charge in [0.1, 0.15) is 0 Å². The Morgan fingerprint density at radius 1 is 1.52 bits per heavy atom. The summed E-state index contributed by atoms with van der Waals surface area (Å²) in [5.74, 6) is 0.272. The van der Waals surface area contributed by atoms with Crippen LogP contribution in [0, 0.1) is 5.92 Å². The summed E-state index contributed by atoms with van der Waals surface area (Å²) in [7, 11) is 0. The Bertz CT molecular complexity index is 521. The SMILES string of the molecule is CC(C)(C)c1cnc(NC(=O)NCC2CCNC(=O)C2)s1. The number of hydrogen-bond donors (Lipinski definition) is 3. The molecule has 0 aromatic carbocycles. The molecule has 0 radical (unpaired) electrons. The van der Waals surface area contributed by atoms with E-state index in [0.717, 1.165) is 11.3 Å². The minimum Gasteiger partial charge on any atom is -0.356 e. The Kier molecular flexibility index (Phi) is 4.82.